The van der Waals surface area contributed by atoms with Crippen LogP contribution in [0.2, 0.25) is 0 Å². The number of rotatable bonds is 5. The lowest BCUT2D eigenvalue weighted by atomic mass is 10.1. The van der Waals surface area contributed by atoms with Crippen LogP contribution >= 0.6 is 0 Å². The molecule has 1 aromatic rings. The molecule has 92 valence electrons. The Hall–Kier alpha value is -1.42. The molecule has 0 saturated carbocycles. The number of aliphatic carboxylic acids is 1. The molecule has 1 aromatic heterocycles. The van der Waals surface area contributed by atoms with E-state index >= 15 is 0 Å². The van der Waals surface area contributed by atoms with Crippen LogP contribution in [-0.2, 0) is 11.3 Å². The van der Waals surface area contributed by atoms with Gasteiger partial charge in [0.15, 0.2) is 0 Å². The van der Waals surface area contributed by atoms with Gasteiger partial charge in [-0.3, -0.25) is 14.7 Å². The monoisotopic (exact) mass is 234 g/mol. The van der Waals surface area contributed by atoms with E-state index in [2.05, 4.69) is 9.88 Å². The SMILES string of the molecule is O=C(O)CCC1CCCN1Cc1ccccn1. The molecule has 4 nitrogen and oxygen atoms in total. The van der Waals surface area contributed by atoms with Crippen molar-refractivity contribution in [1.82, 2.24) is 9.88 Å². The van der Waals surface area contributed by atoms with Crippen LogP contribution in [0, 0.1) is 0 Å². The third kappa shape index (κ3) is 3.53. The zero-order valence-corrected chi connectivity index (χ0v) is 9.88. The average molecular weight is 234 g/mol. The Morgan fingerprint density at radius 2 is 2.41 bits per heavy atom. The highest BCUT2D eigenvalue weighted by Crippen LogP contribution is 2.22. The number of pyridine rings is 1. The Morgan fingerprint density at radius 1 is 1.53 bits per heavy atom. The number of aromatic nitrogens is 1. The molecule has 1 atom stereocenters. The standard InChI is InChI=1S/C13H18N2O2/c16-13(17)7-6-12-5-3-9-15(12)10-11-4-1-2-8-14-11/h1-2,4,8,12H,3,5-7,9-10H2,(H,16,17). The van der Waals surface area contributed by atoms with Crippen LogP contribution in [-0.4, -0.2) is 33.5 Å². The third-order valence-corrected chi connectivity index (χ3v) is 3.28. The van der Waals surface area contributed by atoms with Crippen molar-refractivity contribution in [3.05, 3.63) is 30.1 Å². The van der Waals surface area contributed by atoms with Gasteiger partial charge in [0.1, 0.15) is 0 Å². The van der Waals surface area contributed by atoms with E-state index in [4.69, 9.17) is 5.11 Å². The van der Waals surface area contributed by atoms with Crippen molar-refractivity contribution in [3.8, 4) is 0 Å². The molecule has 1 N–H and O–H groups in total. The Bertz CT molecular complexity index is 367. The van der Waals surface area contributed by atoms with Gasteiger partial charge in [0, 0.05) is 25.2 Å². The molecule has 0 radical (unpaired) electrons. The molecular weight excluding hydrogens is 216 g/mol. The lowest BCUT2D eigenvalue weighted by Gasteiger charge is -2.23. The minimum atomic E-state index is -0.699. The Kier molecular flexibility index (Phi) is 4.09. The van der Waals surface area contributed by atoms with Crippen molar-refractivity contribution >= 4 is 5.97 Å². The number of carboxylic acids is 1. The molecule has 0 amide bonds. The molecule has 2 heterocycles. The first-order chi connectivity index (χ1) is 8.25. The summed E-state index contributed by atoms with van der Waals surface area (Å²) in [6.07, 6.45) is 5.10. The summed E-state index contributed by atoms with van der Waals surface area (Å²) in [5, 5.41) is 8.72. The van der Waals surface area contributed by atoms with E-state index in [0.717, 1.165) is 38.0 Å². The van der Waals surface area contributed by atoms with E-state index in [9.17, 15) is 4.79 Å². The Labute approximate surface area is 101 Å². The number of carbonyl (C=O) groups is 1. The summed E-state index contributed by atoms with van der Waals surface area (Å²) < 4.78 is 0. The molecular formula is C13H18N2O2. The fourth-order valence-corrected chi connectivity index (χ4v) is 2.42. The molecule has 0 spiro atoms. The molecule has 0 bridgehead atoms. The predicted molar refractivity (Wildman–Crippen MR) is 64.5 cm³/mol. The van der Waals surface area contributed by atoms with E-state index in [1.54, 1.807) is 6.20 Å². The number of hydrogen-bond donors (Lipinski definition) is 1. The molecule has 0 aromatic carbocycles. The maximum atomic E-state index is 10.6. The van der Waals surface area contributed by atoms with E-state index in [-0.39, 0.29) is 6.42 Å². The van der Waals surface area contributed by atoms with E-state index in [1.807, 2.05) is 18.2 Å². The molecule has 1 unspecified atom stereocenters. The van der Waals surface area contributed by atoms with Gasteiger partial charge in [-0.05, 0) is 37.9 Å². The topological polar surface area (TPSA) is 53.4 Å². The summed E-state index contributed by atoms with van der Waals surface area (Å²) in [4.78, 5) is 17.3. The second-order valence-electron chi connectivity index (χ2n) is 4.52. The molecule has 0 aliphatic carbocycles. The highest BCUT2D eigenvalue weighted by atomic mass is 16.4. The van der Waals surface area contributed by atoms with Gasteiger partial charge < -0.3 is 5.11 Å². The van der Waals surface area contributed by atoms with Crippen LogP contribution in [0.15, 0.2) is 24.4 Å². The van der Waals surface area contributed by atoms with Gasteiger partial charge in [-0.2, -0.15) is 0 Å². The lowest BCUT2D eigenvalue weighted by Crippen LogP contribution is -2.29. The summed E-state index contributed by atoms with van der Waals surface area (Å²) in [5.74, 6) is -0.699. The van der Waals surface area contributed by atoms with Crippen LogP contribution < -0.4 is 0 Å². The van der Waals surface area contributed by atoms with Crippen molar-refractivity contribution in [2.75, 3.05) is 6.54 Å². The van der Waals surface area contributed by atoms with Gasteiger partial charge in [0.2, 0.25) is 0 Å². The molecule has 1 aliphatic heterocycles. The maximum Gasteiger partial charge on any atom is 0.303 e. The van der Waals surface area contributed by atoms with Crippen molar-refractivity contribution in [2.45, 2.75) is 38.3 Å². The average Bonchev–Trinajstić information content (AvgIpc) is 2.75. The van der Waals surface area contributed by atoms with Gasteiger partial charge in [-0.15, -0.1) is 0 Å². The first-order valence-electron chi connectivity index (χ1n) is 6.11. The van der Waals surface area contributed by atoms with Gasteiger partial charge in [0.25, 0.3) is 0 Å². The van der Waals surface area contributed by atoms with Crippen molar-refractivity contribution < 1.29 is 9.90 Å². The zero-order chi connectivity index (χ0) is 12.1. The highest BCUT2D eigenvalue weighted by Gasteiger charge is 2.24. The van der Waals surface area contributed by atoms with Crippen LogP contribution in [0.1, 0.15) is 31.4 Å². The number of carboxylic acid groups (broad SMARTS) is 1. The first kappa shape index (κ1) is 12.0. The van der Waals surface area contributed by atoms with Crippen molar-refractivity contribution in [3.63, 3.8) is 0 Å². The van der Waals surface area contributed by atoms with E-state index in [0.29, 0.717) is 6.04 Å². The van der Waals surface area contributed by atoms with Crippen LogP contribution in [0.3, 0.4) is 0 Å². The fraction of sp³-hybridized carbons (Fsp3) is 0.538. The van der Waals surface area contributed by atoms with Crippen LogP contribution in [0.4, 0.5) is 0 Å². The van der Waals surface area contributed by atoms with Crippen LogP contribution in [0.25, 0.3) is 0 Å². The summed E-state index contributed by atoms with van der Waals surface area (Å²) in [7, 11) is 0. The molecule has 4 heteroatoms. The molecule has 1 aliphatic rings. The summed E-state index contributed by atoms with van der Waals surface area (Å²) in [5.41, 5.74) is 1.06. The maximum absolute atomic E-state index is 10.6. The van der Waals surface area contributed by atoms with Gasteiger partial charge in [-0.25, -0.2) is 0 Å². The Balaban J connectivity index is 1.89. The first-order valence-corrected chi connectivity index (χ1v) is 6.11. The molecule has 2 rings (SSSR count). The smallest absolute Gasteiger partial charge is 0.303 e. The second kappa shape index (κ2) is 5.77. The van der Waals surface area contributed by atoms with Gasteiger partial charge >= 0.3 is 5.97 Å². The van der Waals surface area contributed by atoms with Crippen molar-refractivity contribution in [1.29, 1.82) is 0 Å². The quantitative estimate of drug-likeness (QED) is 0.845. The minimum absolute atomic E-state index is 0.267. The number of likely N-dealkylation sites (tertiary alicyclic amines) is 1. The summed E-state index contributed by atoms with van der Waals surface area (Å²) in [6.45, 7) is 1.89. The molecule has 1 saturated heterocycles. The third-order valence-electron chi connectivity index (χ3n) is 3.28. The highest BCUT2D eigenvalue weighted by molar-refractivity contribution is 5.66. The molecule has 1 fully saturated rings. The van der Waals surface area contributed by atoms with Crippen molar-refractivity contribution in [2.24, 2.45) is 0 Å². The molecule has 17 heavy (non-hydrogen) atoms. The lowest BCUT2D eigenvalue weighted by molar-refractivity contribution is -0.137. The van der Waals surface area contributed by atoms with E-state index in [1.165, 1.54) is 0 Å². The van der Waals surface area contributed by atoms with Crippen LogP contribution in [0.5, 0.6) is 0 Å². The summed E-state index contributed by atoms with van der Waals surface area (Å²) >= 11 is 0. The zero-order valence-electron chi connectivity index (χ0n) is 9.88. The van der Waals surface area contributed by atoms with Gasteiger partial charge in [-0.1, -0.05) is 6.07 Å². The van der Waals surface area contributed by atoms with Gasteiger partial charge in [0.05, 0.1) is 5.69 Å². The predicted octanol–water partition coefficient (Wildman–Crippen LogP) is 1.91. The second-order valence-corrected chi connectivity index (χ2v) is 4.52. The largest absolute Gasteiger partial charge is 0.481 e. The Morgan fingerprint density at radius 3 is 3.12 bits per heavy atom. The fourth-order valence-electron chi connectivity index (χ4n) is 2.42. The number of hydrogen-bond acceptors (Lipinski definition) is 3. The summed E-state index contributed by atoms with van der Waals surface area (Å²) in [6, 6.07) is 6.33. The normalized spacial score (nSPS) is 20.6. The minimum Gasteiger partial charge on any atom is -0.481 e. The number of nitrogens with zero attached hydrogens (tertiary/aromatic N) is 2. The van der Waals surface area contributed by atoms with E-state index < -0.39 is 5.97 Å².